The van der Waals surface area contributed by atoms with Gasteiger partial charge in [0.1, 0.15) is 10.6 Å². The summed E-state index contributed by atoms with van der Waals surface area (Å²) in [6.07, 6.45) is 3.55. The average Bonchev–Trinajstić information content (AvgIpc) is 3.10. The lowest BCUT2D eigenvalue weighted by Gasteiger charge is -2.33. The van der Waals surface area contributed by atoms with Gasteiger partial charge in [0.2, 0.25) is 0 Å². The average molecular weight is 282 g/mol. The van der Waals surface area contributed by atoms with Gasteiger partial charge >= 0.3 is 0 Å². The van der Waals surface area contributed by atoms with Gasteiger partial charge in [0.25, 0.3) is 0 Å². The maximum Gasteiger partial charge on any atom is 0.126 e. The molecular formula is C12H14N2O2S2. The second-order valence-electron chi connectivity index (χ2n) is 4.23. The molecule has 96 valence electrons. The molecule has 6 heteroatoms. The fourth-order valence-corrected chi connectivity index (χ4v) is 3.84. The van der Waals surface area contributed by atoms with E-state index in [1.165, 1.54) is 11.5 Å². The number of aromatic nitrogens is 2. The van der Waals surface area contributed by atoms with Gasteiger partial charge in [-0.1, -0.05) is 0 Å². The molecule has 0 radical (unpaired) electrons. The summed E-state index contributed by atoms with van der Waals surface area (Å²) < 4.78 is 15.3. The van der Waals surface area contributed by atoms with E-state index in [9.17, 15) is 0 Å². The van der Waals surface area contributed by atoms with Crippen LogP contribution in [0.3, 0.4) is 0 Å². The molecule has 1 aliphatic heterocycles. The van der Waals surface area contributed by atoms with E-state index in [-0.39, 0.29) is 5.60 Å². The molecular weight excluding hydrogens is 268 g/mol. The third-order valence-corrected chi connectivity index (χ3v) is 5.07. The van der Waals surface area contributed by atoms with Crippen molar-refractivity contribution in [1.82, 2.24) is 9.36 Å². The molecule has 3 heterocycles. The molecule has 18 heavy (non-hydrogen) atoms. The van der Waals surface area contributed by atoms with Crippen LogP contribution in [-0.4, -0.2) is 29.7 Å². The Labute approximate surface area is 114 Å². The zero-order valence-electron chi connectivity index (χ0n) is 10.1. The van der Waals surface area contributed by atoms with Crippen LogP contribution in [0.15, 0.2) is 17.6 Å². The lowest BCUT2D eigenvalue weighted by atomic mass is 9.95. The van der Waals surface area contributed by atoms with E-state index in [0.717, 1.165) is 41.6 Å². The maximum atomic E-state index is 5.75. The van der Waals surface area contributed by atoms with E-state index in [1.807, 2.05) is 6.07 Å². The standard InChI is InChI=1S/C12H14N2O2S2/c1-15-12(3-6-16-7-4-12)11-14-9(8-17-11)10-2-5-13-18-10/h2,5,8H,3-4,6-7H2,1H3. The molecule has 4 nitrogen and oxygen atoms in total. The van der Waals surface area contributed by atoms with Gasteiger partial charge in [0, 0.05) is 44.7 Å². The first kappa shape index (κ1) is 12.2. The van der Waals surface area contributed by atoms with Crippen LogP contribution in [0.2, 0.25) is 0 Å². The molecule has 2 aromatic heterocycles. The van der Waals surface area contributed by atoms with E-state index in [1.54, 1.807) is 24.6 Å². The normalized spacial score (nSPS) is 18.9. The van der Waals surface area contributed by atoms with Crippen molar-refractivity contribution < 1.29 is 9.47 Å². The molecule has 0 aromatic carbocycles. The van der Waals surface area contributed by atoms with Crippen molar-refractivity contribution in [2.45, 2.75) is 18.4 Å². The van der Waals surface area contributed by atoms with Gasteiger partial charge < -0.3 is 9.47 Å². The van der Waals surface area contributed by atoms with Crippen LogP contribution in [0.25, 0.3) is 10.6 Å². The molecule has 0 unspecified atom stereocenters. The van der Waals surface area contributed by atoms with E-state index >= 15 is 0 Å². The lowest BCUT2D eigenvalue weighted by molar-refractivity contribution is -0.0947. The number of thiazole rings is 1. The smallest absolute Gasteiger partial charge is 0.126 e. The number of hydrogen-bond acceptors (Lipinski definition) is 6. The highest BCUT2D eigenvalue weighted by atomic mass is 32.1. The monoisotopic (exact) mass is 282 g/mol. The zero-order chi connectivity index (χ0) is 12.4. The van der Waals surface area contributed by atoms with E-state index in [4.69, 9.17) is 14.5 Å². The molecule has 0 atom stereocenters. The molecule has 0 saturated carbocycles. The predicted octanol–water partition coefficient (Wildman–Crippen LogP) is 2.92. The van der Waals surface area contributed by atoms with E-state index in [0.29, 0.717) is 0 Å². The Morgan fingerprint density at radius 1 is 1.39 bits per heavy atom. The molecule has 2 aromatic rings. The van der Waals surface area contributed by atoms with Crippen LogP contribution in [0.4, 0.5) is 0 Å². The van der Waals surface area contributed by atoms with Crippen LogP contribution < -0.4 is 0 Å². The van der Waals surface area contributed by atoms with Gasteiger partial charge in [-0.05, 0) is 17.6 Å². The quantitative estimate of drug-likeness (QED) is 0.868. The first-order valence-electron chi connectivity index (χ1n) is 5.84. The number of methoxy groups -OCH3 is 1. The topological polar surface area (TPSA) is 44.2 Å². The highest BCUT2D eigenvalue weighted by Gasteiger charge is 2.37. The van der Waals surface area contributed by atoms with Crippen LogP contribution in [0.5, 0.6) is 0 Å². The fraction of sp³-hybridized carbons (Fsp3) is 0.500. The fourth-order valence-electron chi connectivity index (χ4n) is 2.15. The molecule has 0 spiro atoms. The zero-order valence-corrected chi connectivity index (χ0v) is 11.7. The molecule has 0 aliphatic carbocycles. The summed E-state index contributed by atoms with van der Waals surface area (Å²) in [5.41, 5.74) is 0.742. The molecule has 0 amide bonds. The van der Waals surface area contributed by atoms with Crippen LogP contribution in [0, 0.1) is 0 Å². The molecule has 1 aliphatic rings. The van der Waals surface area contributed by atoms with Crippen molar-refractivity contribution in [2.75, 3.05) is 20.3 Å². The number of nitrogens with zero attached hydrogens (tertiary/aromatic N) is 2. The Kier molecular flexibility index (Phi) is 3.43. The molecule has 3 rings (SSSR count). The van der Waals surface area contributed by atoms with Crippen molar-refractivity contribution in [3.05, 3.63) is 22.7 Å². The summed E-state index contributed by atoms with van der Waals surface area (Å²) >= 11 is 3.14. The van der Waals surface area contributed by atoms with Gasteiger partial charge in [-0.25, -0.2) is 9.36 Å². The SMILES string of the molecule is COC1(c2nc(-c3ccns3)cs2)CCOCC1. The van der Waals surface area contributed by atoms with E-state index in [2.05, 4.69) is 9.75 Å². The first-order chi connectivity index (χ1) is 8.84. The van der Waals surface area contributed by atoms with Gasteiger partial charge in [-0.3, -0.25) is 0 Å². The Balaban J connectivity index is 1.92. The van der Waals surface area contributed by atoms with Gasteiger partial charge in [0.15, 0.2) is 0 Å². The number of hydrogen-bond donors (Lipinski definition) is 0. The van der Waals surface area contributed by atoms with Gasteiger partial charge in [-0.2, -0.15) is 0 Å². The summed E-state index contributed by atoms with van der Waals surface area (Å²) in [5, 5.41) is 3.13. The summed E-state index contributed by atoms with van der Waals surface area (Å²) in [5.74, 6) is 0. The van der Waals surface area contributed by atoms with Crippen molar-refractivity contribution in [3.8, 4) is 10.6 Å². The summed E-state index contributed by atoms with van der Waals surface area (Å²) in [4.78, 5) is 5.84. The van der Waals surface area contributed by atoms with Crippen molar-refractivity contribution in [2.24, 2.45) is 0 Å². The Morgan fingerprint density at radius 3 is 2.89 bits per heavy atom. The summed E-state index contributed by atoms with van der Waals surface area (Å²) in [6.45, 7) is 1.48. The highest BCUT2D eigenvalue weighted by molar-refractivity contribution is 7.12. The Morgan fingerprint density at radius 2 is 2.22 bits per heavy atom. The third kappa shape index (κ3) is 2.09. The van der Waals surface area contributed by atoms with Crippen LogP contribution in [-0.2, 0) is 15.1 Å². The maximum absolute atomic E-state index is 5.75. The number of ether oxygens (including phenoxy) is 2. The molecule has 1 saturated heterocycles. The third-order valence-electron chi connectivity index (χ3n) is 3.28. The van der Waals surface area contributed by atoms with Crippen LogP contribution >= 0.6 is 22.9 Å². The molecule has 0 bridgehead atoms. The largest absolute Gasteiger partial charge is 0.381 e. The predicted molar refractivity (Wildman–Crippen MR) is 72.0 cm³/mol. The Bertz CT molecular complexity index is 504. The lowest BCUT2D eigenvalue weighted by Crippen LogP contribution is -2.35. The van der Waals surface area contributed by atoms with Gasteiger partial charge in [-0.15, -0.1) is 11.3 Å². The molecule has 0 N–H and O–H groups in total. The second-order valence-corrected chi connectivity index (χ2v) is 5.92. The number of rotatable bonds is 3. The summed E-state index contributed by atoms with van der Waals surface area (Å²) in [6, 6.07) is 1.99. The molecule has 1 fully saturated rings. The Hall–Kier alpha value is -0.820. The minimum Gasteiger partial charge on any atom is -0.381 e. The second kappa shape index (κ2) is 5.05. The highest BCUT2D eigenvalue weighted by Crippen LogP contribution is 2.38. The van der Waals surface area contributed by atoms with Crippen molar-refractivity contribution >= 4 is 22.9 Å². The minimum absolute atomic E-state index is 0.258. The van der Waals surface area contributed by atoms with Gasteiger partial charge in [0.05, 0.1) is 10.6 Å². The minimum atomic E-state index is -0.258. The van der Waals surface area contributed by atoms with E-state index < -0.39 is 0 Å². The summed E-state index contributed by atoms with van der Waals surface area (Å²) in [7, 11) is 1.76. The van der Waals surface area contributed by atoms with Crippen molar-refractivity contribution in [3.63, 3.8) is 0 Å². The van der Waals surface area contributed by atoms with Crippen LogP contribution in [0.1, 0.15) is 17.8 Å². The first-order valence-corrected chi connectivity index (χ1v) is 7.49. The van der Waals surface area contributed by atoms with Crippen molar-refractivity contribution in [1.29, 1.82) is 0 Å².